The van der Waals surface area contributed by atoms with Crippen molar-refractivity contribution in [1.82, 2.24) is 13.9 Å². The van der Waals surface area contributed by atoms with Crippen LogP contribution >= 0.6 is 0 Å². The molecule has 0 atom stereocenters. The van der Waals surface area contributed by atoms with E-state index in [-0.39, 0.29) is 6.04 Å². The van der Waals surface area contributed by atoms with E-state index < -0.39 is 10.2 Å². The first-order chi connectivity index (χ1) is 9.97. The predicted molar refractivity (Wildman–Crippen MR) is 81.3 cm³/mol. The van der Waals surface area contributed by atoms with E-state index in [9.17, 15) is 8.42 Å². The van der Waals surface area contributed by atoms with Gasteiger partial charge in [0.05, 0.1) is 11.2 Å². The van der Waals surface area contributed by atoms with Crippen molar-refractivity contribution in [1.29, 1.82) is 0 Å². The van der Waals surface area contributed by atoms with E-state index in [0.717, 1.165) is 37.1 Å². The number of hydrogen-bond acceptors (Lipinski definition) is 4. The summed E-state index contributed by atoms with van der Waals surface area (Å²) < 4.78 is 25.9. The summed E-state index contributed by atoms with van der Waals surface area (Å²) in [6, 6.07) is 5.97. The Morgan fingerprint density at radius 1 is 1.33 bits per heavy atom. The molecule has 0 spiro atoms. The fourth-order valence-electron chi connectivity index (χ4n) is 2.88. The molecule has 7 nitrogen and oxygen atoms in total. The maximum atomic E-state index is 11.4. The molecule has 0 radical (unpaired) electrons. The van der Waals surface area contributed by atoms with E-state index in [0.29, 0.717) is 0 Å². The van der Waals surface area contributed by atoms with Crippen molar-refractivity contribution in [3.63, 3.8) is 0 Å². The molecule has 2 aromatic rings. The van der Waals surface area contributed by atoms with Crippen LogP contribution in [0.3, 0.4) is 0 Å². The fraction of sp³-hybridized carbons (Fsp3) is 0.462. The van der Waals surface area contributed by atoms with Crippen molar-refractivity contribution in [3.05, 3.63) is 30.6 Å². The molecular weight excluding hydrogens is 290 g/mol. The second-order valence-electron chi connectivity index (χ2n) is 5.33. The summed E-state index contributed by atoms with van der Waals surface area (Å²) in [5.74, 6) is 0. The highest BCUT2D eigenvalue weighted by Crippen LogP contribution is 2.26. The minimum Gasteiger partial charge on any atom is -0.370 e. The molecule has 0 amide bonds. The number of hydrogen-bond donors (Lipinski definition) is 1. The number of rotatable bonds is 3. The Bertz CT molecular complexity index is 734. The van der Waals surface area contributed by atoms with Gasteiger partial charge in [-0.25, -0.2) is 9.65 Å². The monoisotopic (exact) mass is 309 g/mol. The van der Waals surface area contributed by atoms with Crippen LogP contribution < -0.4 is 10.0 Å². The molecule has 1 fully saturated rings. The smallest absolute Gasteiger partial charge is 0.276 e. The Morgan fingerprint density at radius 3 is 2.71 bits per heavy atom. The van der Waals surface area contributed by atoms with E-state index in [1.165, 1.54) is 4.31 Å². The second-order valence-corrected chi connectivity index (χ2v) is 6.94. The van der Waals surface area contributed by atoms with Gasteiger partial charge in [0.2, 0.25) is 0 Å². The highest BCUT2D eigenvalue weighted by Gasteiger charge is 2.28. The fourth-order valence-corrected chi connectivity index (χ4v) is 3.51. The number of anilines is 1. The topological polar surface area (TPSA) is 83.9 Å². The lowest BCUT2D eigenvalue weighted by Gasteiger charge is -2.36. The zero-order valence-electron chi connectivity index (χ0n) is 11.9. The van der Waals surface area contributed by atoms with Crippen LogP contribution in [0.25, 0.3) is 5.52 Å². The molecule has 2 aromatic heterocycles. The Morgan fingerprint density at radius 2 is 2.05 bits per heavy atom. The summed E-state index contributed by atoms with van der Waals surface area (Å²) in [7, 11) is -2.06. The zero-order chi connectivity index (χ0) is 15.0. The maximum absolute atomic E-state index is 11.4. The third kappa shape index (κ3) is 2.74. The van der Waals surface area contributed by atoms with Crippen LogP contribution in [0.2, 0.25) is 0 Å². The lowest BCUT2D eigenvalue weighted by atomic mass is 10.0. The van der Waals surface area contributed by atoms with Crippen LogP contribution in [0.4, 0.5) is 5.69 Å². The summed E-state index contributed by atoms with van der Waals surface area (Å²) in [6.45, 7) is 1.60. The van der Waals surface area contributed by atoms with Gasteiger partial charge >= 0.3 is 0 Å². The average Bonchev–Trinajstić information content (AvgIpc) is 2.94. The summed E-state index contributed by atoms with van der Waals surface area (Å²) in [5, 5.41) is 9.45. The van der Waals surface area contributed by atoms with E-state index in [1.54, 1.807) is 13.2 Å². The van der Waals surface area contributed by atoms with Crippen molar-refractivity contribution >= 4 is 21.4 Å². The van der Waals surface area contributed by atoms with E-state index >= 15 is 0 Å². The van der Waals surface area contributed by atoms with Gasteiger partial charge in [0.1, 0.15) is 0 Å². The Hall–Kier alpha value is -1.64. The molecule has 114 valence electrons. The highest BCUT2D eigenvalue weighted by atomic mass is 32.2. The van der Waals surface area contributed by atoms with Crippen molar-refractivity contribution in [2.24, 2.45) is 5.14 Å². The van der Waals surface area contributed by atoms with Gasteiger partial charge in [-0.05, 0) is 31.0 Å². The van der Waals surface area contributed by atoms with E-state index in [2.05, 4.69) is 10.00 Å². The number of nitrogens with two attached hydrogens (primary N) is 1. The highest BCUT2D eigenvalue weighted by molar-refractivity contribution is 7.86. The first-order valence-corrected chi connectivity index (χ1v) is 8.40. The van der Waals surface area contributed by atoms with Gasteiger partial charge in [0, 0.05) is 38.6 Å². The lowest BCUT2D eigenvalue weighted by Crippen LogP contribution is -2.47. The maximum Gasteiger partial charge on any atom is 0.276 e. The number of aromatic nitrogens is 2. The van der Waals surface area contributed by atoms with Crippen molar-refractivity contribution in [2.75, 3.05) is 25.0 Å². The average molecular weight is 309 g/mol. The Kier molecular flexibility index (Phi) is 3.60. The van der Waals surface area contributed by atoms with Gasteiger partial charge in [-0.1, -0.05) is 0 Å². The summed E-state index contributed by atoms with van der Waals surface area (Å²) in [5.41, 5.74) is 2.20. The molecular formula is C13H19N5O2S. The van der Waals surface area contributed by atoms with Crippen LogP contribution in [0.1, 0.15) is 12.8 Å². The lowest BCUT2D eigenvalue weighted by molar-refractivity contribution is 0.312. The molecule has 21 heavy (non-hydrogen) atoms. The minimum absolute atomic E-state index is 0.0270. The normalized spacial score (nSPS) is 17.8. The van der Waals surface area contributed by atoms with Gasteiger partial charge in [-0.15, -0.1) is 0 Å². The SMILES string of the molecule is CN(C1CCN(c2ccnn3cccc23)CC1)S(N)(=O)=O. The third-order valence-electron chi connectivity index (χ3n) is 4.13. The van der Waals surface area contributed by atoms with Crippen LogP contribution in [0, 0.1) is 0 Å². The molecule has 1 saturated heterocycles. The van der Waals surface area contributed by atoms with Gasteiger partial charge in [-0.2, -0.15) is 17.8 Å². The molecule has 2 N–H and O–H groups in total. The Balaban J connectivity index is 1.76. The number of nitrogens with zero attached hydrogens (tertiary/aromatic N) is 4. The molecule has 0 aliphatic carbocycles. The third-order valence-corrected chi connectivity index (χ3v) is 5.24. The number of piperidine rings is 1. The first kappa shape index (κ1) is 14.3. The summed E-state index contributed by atoms with van der Waals surface area (Å²) in [6.07, 6.45) is 5.23. The molecule has 0 aromatic carbocycles. The van der Waals surface area contributed by atoms with Crippen molar-refractivity contribution in [2.45, 2.75) is 18.9 Å². The minimum atomic E-state index is -3.61. The molecule has 1 aliphatic rings. The number of fused-ring (bicyclic) bond motifs is 1. The molecule has 0 unspecified atom stereocenters. The van der Waals surface area contributed by atoms with Crippen LogP contribution in [-0.2, 0) is 10.2 Å². The largest absolute Gasteiger partial charge is 0.370 e. The van der Waals surface area contributed by atoms with Crippen molar-refractivity contribution in [3.8, 4) is 0 Å². The van der Waals surface area contributed by atoms with E-state index in [1.807, 2.05) is 28.9 Å². The van der Waals surface area contributed by atoms with Gasteiger partial charge in [-0.3, -0.25) is 0 Å². The molecule has 8 heteroatoms. The molecule has 1 aliphatic heterocycles. The van der Waals surface area contributed by atoms with E-state index in [4.69, 9.17) is 5.14 Å². The van der Waals surface area contributed by atoms with Gasteiger partial charge in [0.15, 0.2) is 0 Å². The first-order valence-electron chi connectivity index (χ1n) is 6.90. The van der Waals surface area contributed by atoms with Gasteiger partial charge < -0.3 is 4.90 Å². The Labute approximate surface area is 124 Å². The predicted octanol–water partition coefficient (Wildman–Crippen LogP) is 0.438. The zero-order valence-corrected chi connectivity index (χ0v) is 12.7. The summed E-state index contributed by atoms with van der Waals surface area (Å²) in [4.78, 5) is 2.27. The molecule has 3 rings (SSSR count). The quantitative estimate of drug-likeness (QED) is 0.891. The molecule has 3 heterocycles. The second kappa shape index (κ2) is 5.28. The molecule has 0 bridgehead atoms. The molecule has 0 saturated carbocycles. The standard InChI is InChI=1S/C13H19N5O2S/c1-16(21(14,19)20)11-5-9-17(10-6-11)12-4-7-15-18-8-2-3-13(12)18/h2-4,7-8,11H,5-6,9-10H2,1H3,(H2,14,19,20). The van der Waals surface area contributed by atoms with Gasteiger partial charge in [0.25, 0.3) is 10.2 Å². The van der Waals surface area contributed by atoms with Crippen LogP contribution in [0.5, 0.6) is 0 Å². The van der Waals surface area contributed by atoms with Crippen LogP contribution in [-0.4, -0.2) is 48.5 Å². The van der Waals surface area contributed by atoms with Crippen LogP contribution in [0.15, 0.2) is 30.6 Å². The summed E-state index contributed by atoms with van der Waals surface area (Å²) >= 11 is 0. The van der Waals surface area contributed by atoms with Crippen molar-refractivity contribution < 1.29 is 8.42 Å².